The number of nitrogens with one attached hydrogen (secondary N) is 1. The van der Waals surface area contributed by atoms with E-state index in [-0.39, 0.29) is 24.3 Å². The van der Waals surface area contributed by atoms with Crippen molar-refractivity contribution in [2.45, 2.75) is 20.0 Å². The minimum Gasteiger partial charge on any atom is -0.492 e. The number of carbonyl (C=O) groups excluding carboxylic acids is 2. The van der Waals surface area contributed by atoms with Crippen LogP contribution in [0.25, 0.3) is 6.08 Å². The predicted molar refractivity (Wildman–Crippen MR) is 146 cm³/mol. The first-order chi connectivity index (χ1) is 17.4. The van der Waals surface area contributed by atoms with Gasteiger partial charge < -0.3 is 19.3 Å². The Morgan fingerprint density at radius 1 is 1.30 bits per heavy atom. The topological polar surface area (TPSA) is 87.2 Å². The number of rotatable bonds is 9. The number of ether oxygens (including phenoxy) is 2. The molecule has 0 saturated carbocycles. The van der Waals surface area contributed by atoms with E-state index in [2.05, 4.69) is 15.2 Å². The summed E-state index contributed by atoms with van der Waals surface area (Å²) >= 11 is 6.26. The Morgan fingerprint density at radius 2 is 2.08 bits per heavy atom. The Morgan fingerprint density at radius 3 is 2.84 bits per heavy atom. The second-order valence-electron chi connectivity index (χ2n) is 8.77. The lowest BCUT2D eigenvalue weighted by Gasteiger charge is -2.32. The number of aromatic nitrogens is 1. The van der Waals surface area contributed by atoms with E-state index in [0.29, 0.717) is 42.8 Å². The van der Waals surface area contributed by atoms with Crippen LogP contribution in [-0.4, -0.2) is 84.7 Å². The van der Waals surface area contributed by atoms with Crippen molar-refractivity contribution in [2.24, 2.45) is 0 Å². The van der Waals surface area contributed by atoms with Gasteiger partial charge in [-0.15, -0.1) is 12.4 Å². The molecule has 0 aliphatic carbocycles. The SMILES string of the molecule is CCOc1c(Cl)cccc1CN(C)C(=O)C=Cc1cnc2c(c1)CN(CCN1CCOCC1)C(=O)N2.Cl. The molecule has 3 amide bonds. The Bertz CT molecular complexity index is 1120. The number of halogens is 2. The van der Waals surface area contributed by atoms with Gasteiger partial charge in [-0.05, 0) is 30.7 Å². The first-order valence-electron chi connectivity index (χ1n) is 12.1. The van der Waals surface area contributed by atoms with E-state index in [1.165, 1.54) is 6.08 Å². The van der Waals surface area contributed by atoms with Crippen molar-refractivity contribution in [2.75, 3.05) is 58.4 Å². The van der Waals surface area contributed by atoms with Gasteiger partial charge in [-0.2, -0.15) is 0 Å². The van der Waals surface area contributed by atoms with Gasteiger partial charge in [0.2, 0.25) is 5.91 Å². The minimum atomic E-state index is -0.157. The van der Waals surface area contributed by atoms with Gasteiger partial charge in [-0.3, -0.25) is 15.0 Å². The van der Waals surface area contributed by atoms with E-state index < -0.39 is 0 Å². The van der Waals surface area contributed by atoms with Crippen molar-refractivity contribution >= 4 is 47.8 Å². The summed E-state index contributed by atoms with van der Waals surface area (Å²) in [6.45, 7) is 7.89. The number of pyridine rings is 1. The maximum absolute atomic E-state index is 12.8. The van der Waals surface area contributed by atoms with Crippen LogP contribution < -0.4 is 10.1 Å². The molecule has 4 rings (SSSR count). The van der Waals surface area contributed by atoms with Gasteiger partial charge in [0.15, 0.2) is 0 Å². The highest BCUT2D eigenvalue weighted by Gasteiger charge is 2.24. The highest BCUT2D eigenvalue weighted by atomic mass is 35.5. The van der Waals surface area contributed by atoms with Crippen LogP contribution >= 0.6 is 24.0 Å². The Kier molecular flexibility index (Phi) is 10.6. The van der Waals surface area contributed by atoms with Crippen LogP contribution in [0.5, 0.6) is 5.75 Å². The standard InChI is InChI=1S/C26H32ClN5O4.ClH/c1-3-36-24-20(5-4-6-22(24)27)17-30(2)23(33)8-7-19-15-21-18-32(26(34)29-25(21)28-16-19)10-9-31-11-13-35-14-12-31;/h4-8,15-16H,3,9-14,17-18H2,1-2H3,(H,28,29,34);1H. The number of urea groups is 1. The van der Waals surface area contributed by atoms with Crippen molar-refractivity contribution in [3.63, 3.8) is 0 Å². The molecule has 1 saturated heterocycles. The van der Waals surface area contributed by atoms with Crippen LogP contribution in [0.15, 0.2) is 36.5 Å². The third-order valence-corrected chi connectivity index (χ3v) is 6.49. The van der Waals surface area contributed by atoms with E-state index in [9.17, 15) is 9.59 Å². The Hall–Kier alpha value is -2.85. The average molecular weight is 550 g/mol. The number of morpholine rings is 1. The summed E-state index contributed by atoms with van der Waals surface area (Å²) in [5, 5.41) is 3.39. The second kappa shape index (κ2) is 13.6. The molecular formula is C26H33Cl2N5O4. The maximum Gasteiger partial charge on any atom is 0.323 e. The zero-order valence-corrected chi connectivity index (χ0v) is 22.7. The van der Waals surface area contributed by atoms with Crippen molar-refractivity contribution in [3.8, 4) is 5.75 Å². The molecule has 2 aliphatic rings. The quantitative estimate of drug-likeness (QED) is 0.477. The molecule has 0 atom stereocenters. The third kappa shape index (κ3) is 7.58. The number of carbonyl (C=O) groups is 2. The summed E-state index contributed by atoms with van der Waals surface area (Å²) in [5.41, 5.74) is 2.55. The number of para-hydroxylation sites is 1. The minimum absolute atomic E-state index is 0. The molecule has 2 aromatic rings. The third-order valence-electron chi connectivity index (χ3n) is 6.19. The molecule has 1 fully saturated rings. The molecule has 11 heteroatoms. The number of fused-ring (bicyclic) bond motifs is 1. The summed E-state index contributed by atoms with van der Waals surface area (Å²) < 4.78 is 11.0. The van der Waals surface area contributed by atoms with Gasteiger partial charge in [-0.1, -0.05) is 23.7 Å². The highest BCUT2D eigenvalue weighted by Crippen LogP contribution is 2.29. The number of anilines is 1. The number of amides is 3. The molecule has 1 aromatic carbocycles. The molecule has 1 aromatic heterocycles. The zero-order valence-electron chi connectivity index (χ0n) is 21.1. The molecule has 0 unspecified atom stereocenters. The molecule has 37 heavy (non-hydrogen) atoms. The second-order valence-corrected chi connectivity index (χ2v) is 9.18. The molecule has 200 valence electrons. The lowest BCUT2D eigenvalue weighted by molar-refractivity contribution is -0.125. The van der Waals surface area contributed by atoms with Gasteiger partial charge in [0.1, 0.15) is 11.6 Å². The van der Waals surface area contributed by atoms with E-state index in [1.807, 2.05) is 25.1 Å². The van der Waals surface area contributed by atoms with Crippen LogP contribution in [0.2, 0.25) is 5.02 Å². The number of hydrogen-bond acceptors (Lipinski definition) is 6. The Labute approximate surface area is 228 Å². The van der Waals surface area contributed by atoms with Gasteiger partial charge in [-0.25, -0.2) is 9.78 Å². The van der Waals surface area contributed by atoms with Crippen LogP contribution in [0.1, 0.15) is 23.6 Å². The maximum atomic E-state index is 12.8. The fourth-order valence-corrected chi connectivity index (χ4v) is 4.44. The van der Waals surface area contributed by atoms with Crippen LogP contribution in [-0.2, 0) is 22.6 Å². The first kappa shape index (κ1) is 28.7. The summed E-state index contributed by atoms with van der Waals surface area (Å²) in [5.74, 6) is 1.01. The average Bonchev–Trinajstić information content (AvgIpc) is 2.88. The number of likely N-dealkylation sites (N-methyl/N-ethyl adjacent to an activating group) is 1. The highest BCUT2D eigenvalue weighted by molar-refractivity contribution is 6.32. The van der Waals surface area contributed by atoms with Crippen LogP contribution in [0, 0.1) is 0 Å². The summed E-state index contributed by atoms with van der Waals surface area (Å²) in [6, 6.07) is 7.33. The summed E-state index contributed by atoms with van der Waals surface area (Å²) in [6.07, 6.45) is 4.91. The lowest BCUT2D eigenvalue weighted by atomic mass is 10.1. The molecule has 2 aliphatic heterocycles. The zero-order chi connectivity index (χ0) is 25.5. The van der Waals surface area contributed by atoms with E-state index >= 15 is 0 Å². The summed E-state index contributed by atoms with van der Waals surface area (Å²) in [4.78, 5) is 35.3. The molecule has 0 spiro atoms. The van der Waals surface area contributed by atoms with E-state index in [0.717, 1.165) is 49.5 Å². The number of nitrogens with zero attached hydrogens (tertiary/aromatic N) is 4. The van der Waals surface area contributed by atoms with Crippen molar-refractivity contribution in [1.29, 1.82) is 0 Å². The van der Waals surface area contributed by atoms with Gasteiger partial charge >= 0.3 is 6.03 Å². The lowest BCUT2D eigenvalue weighted by Crippen LogP contribution is -2.45. The summed E-state index contributed by atoms with van der Waals surface area (Å²) in [7, 11) is 1.73. The van der Waals surface area contributed by atoms with E-state index in [4.69, 9.17) is 21.1 Å². The largest absolute Gasteiger partial charge is 0.492 e. The van der Waals surface area contributed by atoms with Gasteiger partial charge in [0.25, 0.3) is 0 Å². The van der Waals surface area contributed by atoms with Crippen LogP contribution in [0.3, 0.4) is 0 Å². The van der Waals surface area contributed by atoms with Gasteiger partial charge in [0.05, 0.1) is 31.4 Å². The van der Waals surface area contributed by atoms with Crippen LogP contribution in [0.4, 0.5) is 10.6 Å². The molecule has 0 bridgehead atoms. The van der Waals surface area contributed by atoms with Gasteiger partial charge in [0, 0.05) is 63.2 Å². The number of benzene rings is 1. The first-order valence-corrected chi connectivity index (χ1v) is 12.5. The number of hydrogen-bond donors (Lipinski definition) is 1. The van der Waals surface area contributed by atoms with E-state index in [1.54, 1.807) is 35.2 Å². The monoisotopic (exact) mass is 549 g/mol. The predicted octanol–water partition coefficient (Wildman–Crippen LogP) is 3.91. The molecule has 9 nitrogen and oxygen atoms in total. The van der Waals surface area contributed by atoms with Crippen molar-refractivity contribution < 1.29 is 19.1 Å². The fraction of sp³-hybridized carbons (Fsp3) is 0.423. The molecular weight excluding hydrogens is 517 g/mol. The molecule has 0 radical (unpaired) electrons. The Balaban J connectivity index is 0.00000380. The fourth-order valence-electron chi connectivity index (χ4n) is 4.19. The van der Waals surface area contributed by atoms with Crippen molar-refractivity contribution in [1.82, 2.24) is 19.7 Å². The molecule has 1 N–H and O–H groups in total. The normalized spacial score (nSPS) is 15.6. The smallest absolute Gasteiger partial charge is 0.323 e. The molecule has 3 heterocycles. The van der Waals surface area contributed by atoms with Crippen molar-refractivity contribution in [3.05, 3.63) is 58.3 Å².